The Morgan fingerprint density at radius 3 is 2.18 bits per heavy atom. The summed E-state index contributed by atoms with van der Waals surface area (Å²) < 4.78 is 40.7. The predicted molar refractivity (Wildman–Crippen MR) is 79.3 cm³/mol. The second kappa shape index (κ2) is 7.80. The molecule has 0 aliphatic rings. The number of nitro groups is 1. The summed E-state index contributed by atoms with van der Waals surface area (Å²) in [6.45, 7) is 3.92. The Balaban J connectivity index is 3.25. The Kier molecular flexibility index (Phi) is 6.64. The normalized spacial score (nSPS) is 14.7. The van der Waals surface area contributed by atoms with Gasteiger partial charge in [0.1, 0.15) is 0 Å². The molecule has 124 valence electrons. The van der Waals surface area contributed by atoms with E-state index in [9.17, 15) is 23.1 Å². The van der Waals surface area contributed by atoms with Crippen molar-refractivity contribution in [2.24, 2.45) is 0 Å². The molecule has 0 aliphatic heterocycles. The van der Waals surface area contributed by atoms with Crippen LogP contribution in [0.2, 0.25) is 0 Å². The molecule has 0 radical (unpaired) electrons. The van der Waals surface area contributed by atoms with Gasteiger partial charge in [-0.05, 0) is 25.2 Å². The Labute approximate surface area is 128 Å². The molecule has 0 aliphatic carbocycles. The van der Waals surface area contributed by atoms with Crippen molar-refractivity contribution in [3.63, 3.8) is 0 Å². The van der Waals surface area contributed by atoms with Crippen LogP contribution in [0.25, 0.3) is 0 Å². The molecule has 1 N–H and O–H groups in total. The van der Waals surface area contributed by atoms with Crippen molar-refractivity contribution in [1.82, 2.24) is 4.90 Å². The highest BCUT2D eigenvalue weighted by molar-refractivity contribution is 7.92. The van der Waals surface area contributed by atoms with Crippen LogP contribution in [0, 0.1) is 10.1 Å². The van der Waals surface area contributed by atoms with E-state index in [2.05, 4.69) is 0 Å². The zero-order valence-corrected chi connectivity index (χ0v) is 13.8. The molecule has 11 heteroatoms. The molecule has 1 aromatic carbocycles. The molecule has 0 saturated carbocycles. The molecule has 1 aromatic rings. The van der Waals surface area contributed by atoms with E-state index in [1.165, 1.54) is 4.90 Å². The molecule has 1 rings (SSSR count). The van der Waals surface area contributed by atoms with Gasteiger partial charge in [0.05, 0.1) is 9.82 Å². The van der Waals surface area contributed by atoms with Gasteiger partial charge in [-0.1, -0.05) is 13.8 Å². The third kappa shape index (κ3) is 4.34. The molecule has 0 bridgehead atoms. The van der Waals surface area contributed by atoms with E-state index in [0.717, 1.165) is 24.3 Å². The first kappa shape index (κ1) is 18.7. The largest absolute Gasteiger partial charge is 0.326 e. The van der Waals surface area contributed by atoms with E-state index >= 15 is 0 Å². The lowest BCUT2D eigenvalue weighted by Crippen LogP contribution is -2.41. The van der Waals surface area contributed by atoms with Crippen LogP contribution in [0.5, 0.6) is 0 Å². The van der Waals surface area contributed by atoms with Crippen LogP contribution < -0.4 is 0 Å². The lowest BCUT2D eigenvalue weighted by atomic mass is 10.3. The van der Waals surface area contributed by atoms with E-state index in [1.807, 2.05) is 0 Å². The summed E-state index contributed by atoms with van der Waals surface area (Å²) in [6.07, 6.45) is 0. The SMILES string of the molecule is CCN(CC)C(O[PH](=O)O)S(=O)(=O)c1ccc([N+](=O)[O-])cc1. The Morgan fingerprint density at radius 2 is 1.82 bits per heavy atom. The number of nitrogens with zero attached hydrogens (tertiary/aromatic N) is 2. The Bertz CT molecular complexity index is 643. The van der Waals surface area contributed by atoms with Gasteiger partial charge in [0, 0.05) is 12.1 Å². The first-order chi connectivity index (χ1) is 10.2. The van der Waals surface area contributed by atoms with Crippen molar-refractivity contribution in [1.29, 1.82) is 0 Å². The summed E-state index contributed by atoms with van der Waals surface area (Å²) in [5.41, 5.74) is -1.88. The van der Waals surface area contributed by atoms with E-state index in [0.29, 0.717) is 0 Å². The predicted octanol–water partition coefficient (Wildman–Crippen LogP) is 1.39. The molecule has 9 nitrogen and oxygen atoms in total. The zero-order valence-electron chi connectivity index (χ0n) is 12.0. The standard InChI is InChI=1S/C11H17N2O7PS/c1-3-12(4-2)11(20-21(16)17)22(18,19)10-7-5-9(6-8-10)13(14)15/h5-8,11,21H,3-4H2,1-2H3,(H,16,17). The summed E-state index contributed by atoms with van der Waals surface area (Å²) in [5.74, 6) is 0. The number of hydrogen-bond acceptors (Lipinski definition) is 7. The molecule has 0 amide bonds. The molecular formula is C11H17N2O7PS. The van der Waals surface area contributed by atoms with Crippen molar-refractivity contribution in [2.45, 2.75) is 24.3 Å². The van der Waals surface area contributed by atoms with Gasteiger partial charge < -0.3 is 4.89 Å². The molecule has 0 heterocycles. The van der Waals surface area contributed by atoms with Crippen molar-refractivity contribution in [3.8, 4) is 0 Å². The highest BCUT2D eigenvalue weighted by atomic mass is 32.2. The molecule has 0 saturated heterocycles. The molecule has 2 unspecified atom stereocenters. The van der Waals surface area contributed by atoms with Crippen LogP contribution in [-0.4, -0.2) is 41.8 Å². The van der Waals surface area contributed by atoms with Crippen LogP contribution in [0.3, 0.4) is 0 Å². The minimum Gasteiger partial charge on any atom is -0.326 e. The molecule has 0 spiro atoms. The highest BCUT2D eigenvalue weighted by Crippen LogP contribution is 2.28. The number of sulfone groups is 1. The molecule has 0 fully saturated rings. The summed E-state index contributed by atoms with van der Waals surface area (Å²) in [6, 6.07) is 4.24. The van der Waals surface area contributed by atoms with Gasteiger partial charge in [0.15, 0.2) is 0 Å². The van der Waals surface area contributed by atoms with Crippen LogP contribution in [0.4, 0.5) is 5.69 Å². The lowest BCUT2D eigenvalue weighted by Gasteiger charge is -2.27. The zero-order chi connectivity index (χ0) is 16.9. The number of rotatable bonds is 8. The second-order valence-electron chi connectivity index (χ2n) is 4.21. The fourth-order valence-electron chi connectivity index (χ4n) is 1.82. The van der Waals surface area contributed by atoms with Gasteiger partial charge in [-0.15, -0.1) is 0 Å². The summed E-state index contributed by atoms with van der Waals surface area (Å²) in [4.78, 5) is 20.0. The average Bonchev–Trinajstić information content (AvgIpc) is 2.47. The number of non-ortho nitro benzene ring substituents is 1. The van der Waals surface area contributed by atoms with Gasteiger partial charge >= 0.3 is 8.25 Å². The maximum absolute atomic E-state index is 12.5. The molecule has 2 atom stereocenters. The summed E-state index contributed by atoms with van der Waals surface area (Å²) >= 11 is 0. The third-order valence-electron chi connectivity index (χ3n) is 2.95. The van der Waals surface area contributed by atoms with E-state index in [1.54, 1.807) is 13.8 Å². The summed E-state index contributed by atoms with van der Waals surface area (Å²) in [5, 5.41) is 10.6. The minimum absolute atomic E-state index is 0.224. The first-order valence-electron chi connectivity index (χ1n) is 6.36. The van der Waals surface area contributed by atoms with Gasteiger partial charge in [-0.2, -0.15) is 0 Å². The van der Waals surface area contributed by atoms with Crippen LogP contribution in [-0.2, 0) is 18.9 Å². The van der Waals surface area contributed by atoms with Crippen molar-refractivity contribution < 1.29 is 27.3 Å². The monoisotopic (exact) mass is 352 g/mol. The van der Waals surface area contributed by atoms with Gasteiger partial charge in [0.25, 0.3) is 5.69 Å². The van der Waals surface area contributed by atoms with Crippen molar-refractivity contribution >= 4 is 23.8 Å². The smallest absolute Gasteiger partial charge is 0.318 e. The Morgan fingerprint density at radius 1 is 1.32 bits per heavy atom. The topological polar surface area (TPSA) is 127 Å². The van der Waals surface area contributed by atoms with Crippen LogP contribution >= 0.6 is 8.25 Å². The second-order valence-corrected chi connectivity index (χ2v) is 6.94. The number of nitro benzene ring substituents is 1. The van der Waals surface area contributed by atoms with Gasteiger partial charge in [-0.3, -0.25) is 24.1 Å². The summed E-state index contributed by atoms with van der Waals surface area (Å²) in [7, 11) is -7.60. The van der Waals surface area contributed by atoms with E-state index in [-0.39, 0.29) is 23.7 Å². The van der Waals surface area contributed by atoms with E-state index < -0.39 is 28.6 Å². The van der Waals surface area contributed by atoms with Crippen LogP contribution in [0.15, 0.2) is 29.2 Å². The fraction of sp³-hybridized carbons (Fsp3) is 0.455. The van der Waals surface area contributed by atoms with Crippen LogP contribution in [0.1, 0.15) is 13.8 Å². The highest BCUT2D eigenvalue weighted by Gasteiger charge is 2.34. The average molecular weight is 352 g/mol. The Hall–Kier alpha value is -1.32. The third-order valence-corrected chi connectivity index (χ3v) is 5.40. The van der Waals surface area contributed by atoms with Crippen molar-refractivity contribution in [3.05, 3.63) is 34.4 Å². The minimum atomic E-state index is -4.12. The van der Waals surface area contributed by atoms with Crippen molar-refractivity contribution in [2.75, 3.05) is 13.1 Å². The molecular weight excluding hydrogens is 335 g/mol. The molecule has 0 aromatic heterocycles. The van der Waals surface area contributed by atoms with Gasteiger partial charge in [-0.25, -0.2) is 8.42 Å². The number of benzene rings is 1. The maximum atomic E-state index is 12.5. The fourth-order valence-corrected chi connectivity index (χ4v) is 4.33. The lowest BCUT2D eigenvalue weighted by molar-refractivity contribution is -0.384. The molecule has 22 heavy (non-hydrogen) atoms. The first-order valence-corrected chi connectivity index (χ1v) is 9.17. The quantitative estimate of drug-likeness (QED) is 0.322. The van der Waals surface area contributed by atoms with Gasteiger partial charge in [0.2, 0.25) is 15.4 Å². The number of hydrogen-bond donors (Lipinski definition) is 1. The van der Waals surface area contributed by atoms with E-state index in [4.69, 9.17) is 9.42 Å². The maximum Gasteiger partial charge on any atom is 0.318 e.